The first kappa shape index (κ1) is 17.4. The van der Waals surface area contributed by atoms with Crippen molar-refractivity contribution >= 4 is 23.2 Å². The van der Waals surface area contributed by atoms with Crippen LogP contribution in [0.25, 0.3) is 10.6 Å². The van der Waals surface area contributed by atoms with Gasteiger partial charge in [0.25, 0.3) is 0 Å². The Kier molecular flexibility index (Phi) is 4.99. The number of allylic oxidation sites excluding steroid dienone is 1. The van der Waals surface area contributed by atoms with Crippen LogP contribution in [0, 0.1) is 5.41 Å². The number of hydrogen-bond acceptors (Lipinski definition) is 4. The number of aromatic nitrogens is 1. The minimum Gasteiger partial charge on any atom is -0.476 e. The molecule has 1 aliphatic rings. The first-order chi connectivity index (χ1) is 12.0. The molecule has 2 N–H and O–H groups in total. The second-order valence-corrected chi connectivity index (χ2v) is 7.21. The van der Waals surface area contributed by atoms with E-state index < -0.39 is 5.97 Å². The van der Waals surface area contributed by atoms with Gasteiger partial charge in [0.05, 0.1) is 5.41 Å². The van der Waals surface area contributed by atoms with Crippen molar-refractivity contribution in [3.63, 3.8) is 0 Å². The Labute approximate surface area is 150 Å². The van der Waals surface area contributed by atoms with Gasteiger partial charge in [0.2, 0.25) is 5.91 Å². The van der Waals surface area contributed by atoms with Crippen molar-refractivity contribution in [3.8, 4) is 10.6 Å². The molecule has 2 aromatic rings. The Morgan fingerprint density at radius 1 is 1.40 bits per heavy atom. The van der Waals surface area contributed by atoms with Crippen molar-refractivity contribution in [2.45, 2.75) is 32.2 Å². The van der Waals surface area contributed by atoms with Gasteiger partial charge in [0.15, 0.2) is 5.69 Å². The lowest BCUT2D eigenvalue weighted by molar-refractivity contribution is -0.135. The number of carbonyl (C=O) groups excluding carboxylic acids is 1. The molecule has 0 bridgehead atoms. The van der Waals surface area contributed by atoms with E-state index in [0.29, 0.717) is 11.6 Å². The van der Waals surface area contributed by atoms with Gasteiger partial charge in [-0.1, -0.05) is 30.7 Å². The fourth-order valence-corrected chi connectivity index (χ4v) is 3.88. The average Bonchev–Trinajstić information content (AvgIpc) is 3.06. The second-order valence-electron chi connectivity index (χ2n) is 6.35. The maximum absolute atomic E-state index is 12.5. The number of carboxylic acid groups (broad SMARTS) is 1. The maximum atomic E-state index is 12.5. The lowest BCUT2D eigenvalue weighted by atomic mass is 9.66. The monoisotopic (exact) mass is 356 g/mol. The fourth-order valence-electron chi connectivity index (χ4n) is 3.09. The van der Waals surface area contributed by atoms with Gasteiger partial charge in [-0.25, -0.2) is 9.78 Å². The zero-order valence-electron chi connectivity index (χ0n) is 13.8. The molecule has 0 saturated heterocycles. The predicted molar refractivity (Wildman–Crippen MR) is 97.5 cm³/mol. The van der Waals surface area contributed by atoms with Crippen LogP contribution in [-0.4, -0.2) is 22.0 Å². The molecule has 1 aromatic heterocycles. The molecule has 1 saturated carbocycles. The van der Waals surface area contributed by atoms with Crippen molar-refractivity contribution in [1.29, 1.82) is 0 Å². The van der Waals surface area contributed by atoms with Crippen LogP contribution in [0.1, 0.15) is 41.7 Å². The average molecular weight is 356 g/mol. The molecule has 1 fully saturated rings. The number of aromatic carboxylic acids is 1. The smallest absolute Gasteiger partial charge is 0.355 e. The third-order valence-corrected chi connectivity index (χ3v) is 5.57. The molecule has 0 unspecified atom stereocenters. The predicted octanol–water partition coefficient (Wildman–Crippen LogP) is 3.87. The van der Waals surface area contributed by atoms with Crippen LogP contribution >= 0.6 is 11.3 Å². The third-order valence-electron chi connectivity index (χ3n) is 4.68. The summed E-state index contributed by atoms with van der Waals surface area (Å²) in [6.07, 6.45) is 5.47. The van der Waals surface area contributed by atoms with Crippen LogP contribution in [-0.2, 0) is 11.3 Å². The van der Waals surface area contributed by atoms with Gasteiger partial charge in [-0.05, 0) is 30.9 Å². The molecule has 6 heteroatoms. The lowest BCUT2D eigenvalue weighted by Crippen LogP contribution is -2.45. The largest absolute Gasteiger partial charge is 0.476 e. The van der Waals surface area contributed by atoms with E-state index >= 15 is 0 Å². The van der Waals surface area contributed by atoms with Crippen molar-refractivity contribution in [2.75, 3.05) is 0 Å². The summed E-state index contributed by atoms with van der Waals surface area (Å²) in [6.45, 7) is 4.21. The summed E-state index contributed by atoms with van der Waals surface area (Å²) >= 11 is 1.30. The van der Waals surface area contributed by atoms with E-state index in [1.54, 1.807) is 0 Å². The molecular formula is C19H20N2O3S. The fraction of sp³-hybridized carbons (Fsp3) is 0.316. The lowest BCUT2D eigenvalue weighted by Gasteiger charge is -2.39. The summed E-state index contributed by atoms with van der Waals surface area (Å²) in [5.41, 5.74) is 1.60. The van der Waals surface area contributed by atoms with Gasteiger partial charge in [-0.2, -0.15) is 0 Å². The number of thiazole rings is 1. The molecule has 3 rings (SSSR count). The van der Waals surface area contributed by atoms with Crippen LogP contribution < -0.4 is 5.32 Å². The van der Waals surface area contributed by atoms with Crippen LogP contribution in [0.3, 0.4) is 0 Å². The topological polar surface area (TPSA) is 79.3 Å². The van der Waals surface area contributed by atoms with E-state index in [9.17, 15) is 9.59 Å². The normalized spacial score (nSPS) is 15.2. The summed E-state index contributed by atoms with van der Waals surface area (Å²) in [7, 11) is 0. The molecule has 0 spiro atoms. The van der Waals surface area contributed by atoms with Crippen LogP contribution in [0.4, 0.5) is 0 Å². The highest BCUT2D eigenvalue weighted by Crippen LogP contribution is 2.44. The number of benzene rings is 1. The van der Waals surface area contributed by atoms with E-state index in [2.05, 4.69) is 16.9 Å². The molecule has 1 amide bonds. The molecule has 130 valence electrons. The molecule has 5 nitrogen and oxygen atoms in total. The van der Waals surface area contributed by atoms with Crippen LogP contribution in [0.5, 0.6) is 0 Å². The number of rotatable bonds is 7. The Hall–Kier alpha value is -2.47. The zero-order chi connectivity index (χ0) is 17.9. The van der Waals surface area contributed by atoms with Crippen molar-refractivity contribution in [3.05, 3.63) is 53.6 Å². The maximum Gasteiger partial charge on any atom is 0.355 e. The van der Waals surface area contributed by atoms with E-state index in [4.69, 9.17) is 5.11 Å². The first-order valence-corrected chi connectivity index (χ1v) is 9.09. The number of nitrogens with zero attached hydrogens (tertiary/aromatic N) is 1. The van der Waals surface area contributed by atoms with E-state index in [1.165, 1.54) is 16.7 Å². The van der Waals surface area contributed by atoms with Gasteiger partial charge in [0.1, 0.15) is 5.01 Å². The highest BCUT2D eigenvalue weighted by atomic mass is 32.1. The molecule has 0 radical (unpaired) electrons. The summed E-state index contributed by atoms with van der Waals surface area (Å²) in [5, 5.41) is 14.2. The van der Waals surface area contributed by atoms with Crippen molar-refractivity contribution in [1.82, 2.24) is 10.3 Å². The van der Waals surface area contributed by atoms with Gasteiger partial charge >= 0.3 is 5.97 Å². The second kappa shape index (κ2) is 7.19. The van der Waals surface area contributed by atoms with Crippen LogP contribution in [0.15, 0.2) is 42.3 Å². The highest BCUT2D eigenvalue weighted by molar-refractivity contribution is 7.13. The highest BCUT2D eigenvalue weighted by Gasteiger charge is 2.42. The van der Waals surface area contributed by atoms with Gasteiger partial charge in [-0.3, -0.25) is 4.79 Å². The van der Waals surface area contributed by atoms with Crippen molar-refractivity contribution in [2.24, 2.45) is 5.41 Å². The molecule has 0 aliphatic heterocycles. The molecule has 1 aliphatic carbocycles. The van der Waals surface area contributed by atoms with Gasteiger partial charge < -0.3 is 10.4 Å². The summed E-state index contributed by atoms with van der Waals surface area (Å²) < 4.78 is 0. The SMILES string of the molecule is C=CCC1(C(=O)NCc2cccc(-c3nc(C(=O)O)cs3)c2)CCC1. The zero-order valence-corrected chi connectivity index (χ0v) is 14.6. The Morgan fingerprint density at radius 3 is 2.80 bits per heavy atom. The summed E-state index contributed by atoms with van der Waals surface area (Å²) in [4.78, 5) is 27.6. The number of nitrogens with one attached hydrogen (secondary N) is 1. The Bertz CT molecular complexity index is 809. The number of carboxylic acids is 1. The minimum absolute atomic E-state index is 0.0510. The van der Waals surface area contributed by atoms with E-state index in [1.807, 2.05) is 30.3 Å². The number of carbonyl (C=O) groups is 2. The summed E-state index contributed by atoms with van der Waals surface area (Å²) in [5.74, 6) is -0.939. The van der Waals surface area contributed by atoms with Crippen molar-refractivity contribution < 1.29 is 14.7 Å². The third kappa shape index (κ3) is 3.64. The van der Waals surface area contributed by atoms with E-state index in [-0.39, 0.29) is 17.0 Å². The Morgan fingerprint density at radius 2 is 2.20 bits per heavy atom. The molecule has 25 heavy (non-hydrogen) atoms. The quantitative estimate of drug-likeness (QED) is 0.738. The van der Waals surface area contributed by atoms with Gasteiger partial charge in [0, 0.05) is 17.5 Å². The van der Waals surface area contributed by atoms with Gasteiger partial charge in [-0.15, -0.1) is 17.9 Å². The Balaban J connectivity index is 1.68. The molecular weight excluding hydrogens is 336 g/mol. The molecule has 1 aromatic carbocycles. The number of hydrogen-bond donors (Lipinski definition) is 2. The van der Waals surface area contributed by atoms with E-state index in [0.717, 1.165) is 36.8 Å². The standard InChI is InChI=1S/C19H20N2O3S/c1-2-7-19(8-4-9-19)18(24)20-11-13-5-3-6-14(10-13)16-21-15(12-25-16)17(22)23/h2-3,5-6,10,12H,1,4,7-9,11H2,(H,20,24)(H,22,23). The van der Waals surface area contributed by atoms with Crippen LogP contribution in [0.2, 0.25) is 0 Å². The summed E-state index contributed by atoms with van der Waals surface area (Å²) in [6, 6.07) is 7.66. The molecule has 0 atom stereocenters. The molecule has 1 heterocycles. The first-order valence-electron chi connectivity index (χ1n) is 8.21. The number of amides is 1. The minimum atomic E-state index is -1.03.